The fourth-order valence-corrected chi connectivity index (χ4v) is 3.58. The van der Waals surface area contributed by atoms with Gasteiger partial charge in [0, 0.05) is 31.7 Å². The van der Waals surface area contributed by atoms with Crippen LogP contribution < -0.4 is 10.5 Å². The predicted octanol–water partition coefficient (Wildman–Crippen LogP) is 0.305. The average Bonchev–Trinajstić information content (AvgIpc) is 2.34. The Morgan fingerprint density at radius 1 is 1.47 bits per heavy atom. The summed E-state index contributed by atoms with van der Waals surface area (Å²) in [5, 5.41) is 0. The number of nitrogens with two attached hydrogens (primary N) is 1. The summed E-state index contributed by atoms with van der Waals surface area (Å²) in [6.07, 6.45) is 1.51. The van der Waals surface area contributed by atoms with Crippen molar-refractivity contribution in [2.75, 3.05) is 26.7 Å². The van der Waals surface area contributed by atoms with Gasteiger partial charge in [0.15, 0.2) is 0 Å². The van der Waals surface area contributed by atoms with Crippen LogP contribution in [0.1, 0.15) is 33.6 Å². The second-order valence-corrected chi connectivity index (χ2v) is 7.45. The van der Waals surface area contributed by atoms with Crippen LogP contribution in [0.2, 0.25) is 0 Å². The zero-order valence-electron chi connectivity index (χ0n) is 12.3. The van der Waals surface area contributed by atoms with Gasteiger partial charge in [-0.05, 0) is 26.3 Å². The van der Waals surface area contributed by atoms with E-state index in [0.717, 1.165) is 6.42 Å². The van der Waals surface area contributed by atoms with Crippen LogP contribution in [0.4, 0.5) is 0 Å². The van der Waals surface area contributed by atoms with Crippen molar-refractivity contribution in [2.24, 2.45) is 11.1 Å². The Morgan fingerprint density at radius 3 is 2.58 bits per heavy atom. The van der Waals surface area contributed by atoms with Gasteiger partial charge in [0.25, 0.3) is 10.2 Å². The molecule has 2 atom stereocenters. The minimum absolute atomic E-state index is 0.0747. The lowest BCUT2D eigenvalue weighted by Gasteiger charge is -2.51. The molecule has 1 fully saturated rings. The minimum atomic E-state index is -3.43. The van der Waals surface area contributed by atoms with E-state index in [4.69, 9.17) is 10.5 Å². The molecule has 0 aromatic heterocycles. The molecule has 0 aromatic rings. The lowest BCUT2D eigenvalue weighted by Crippen LogP contribution is -2.63. The number of nitrogens with zero attached hydrogens (tertiary/aromatic N) is 1. The molecule has 1 aliphatic carbocycles. The summed E-state index contributed by atoms with van der Waals surface area (Å²) in [4.78, 5) is 0. The highest BCUT2D eigenvalue weighted by Gasteiger charge is 2.50. The largest absolute Gasteiger partial charge is 0.378 e. The molecule has 0 bridgehead atoms. The van der Waals surface area contributed by atoms with E-state index < -0.39 is 10.2 Å². The summed E-state index contributed by atoms with van der Waals surface area (Å²) >= 11 is 0. The highest BCUT2D eigenvalue weighted by molar-refractivity contribution is 7.87. The first kappa shape index (κ1) is 16.8. The van der Waals surface area contributed by atoms with Crippen molar-refractivity contribution in [3.05, 3.63) is 0 Å². The van der Waals surface area contributed by atoms with Crippen LogP contribution in [0.15, 0.2) is 0 Å². The zero-order valence-corrected chi connectivity index (χ0v) is 13.2. The van der Waals surface area contributed by atoms with Crippen LogP contribution in [-0.2, 0) is 14.9 Å². The van der Waals surface area contributed by atoms with E-state index in [2.05, 4.69) is 4.72 Å². The Hall–Kier alpha value is -0.210. The summed E-state index contributed by atoms with van der Waals surface area (Å²) < 4.78 is 33.9. The summed E-state index contributed by atoms with van der Waals surface area (Å²) in [7, 11) is -1.86. The van der Waals surface area contributed by atoms with Crippen molar-refractivity contribution >= 4 is 10.2 Å². The van der Waals surface area contributed by atoms with E-state index in [-0.39, 0.29) is 17.6 Å². The van der Waals surface area contributed by atoms with Gasteiger partial charge >= 0.3 is 0 Å². The standard InChI is InChI=1S/C12H27N3O3S/c1-5-18-11-9-10(12(11,2)3)14-19(16,17)15(4)8-6-7-13/h10-11,14H,5-9,13H2,1-4H3. The molecular formula is C12H27N3O3S. The second kappa shape index (κ2) is 6.49. The van der Waals surface area contributed by atoms with E-state index >= 15 is 0 Å². The molecule has 0 aromatic carbocycles. The van der Waals surface area contributed by atoms with Gasteiger partial charge in [0.05, 0.1) is 6.10 Å². The van der Waals surface area contributed by atoms with Crippen molar-refractivity contribution in [3.8, 4) is 0 Å². The van der Waals surface area contributed by atoms with Crippen molar-refractivity contribution in [2.45, 2.75) is 45.8 Å². The van der Waals surface area contributed by atoms with Crippen LogP contribution in [0.3, 0.4) is 0 Å². The van der Waals surface area contributed by atoms with Crippen molar-refractivity contribution in [1.29, 1.82) is 0 Å². The summed E-state index contributed by atoms with van der Waals surface area (Å²) in [5.41, 5.74) is 5.23. The van der Waals surface area contributed by atoms with Gasteiger partial charge in [-0.1, -0.05) is 13.8 Å². The van der Waals surface area contributed by atoms with E-state index in [1.54, 1.807) is 7.05 Å². The van der Waals surface area contributed by atoms with Gasteiger partial charge in [-0.25, -0.2) is 0 Å². The number of hydrogen-bond acceptors (Lipinski definition) is 4. The van der Waals surface area contributed by atoms with Gasteiger partial charge in [-0.2, -0.15) is 17.4 Å². The molecular weight excluding hydrogens is 266 g/mol. The first-order valence-electron chi connectivity index (χ1n) is 6.81. The smallest absolute Gasteiger partial charge is 0.279 e. The van der Waals surface area contributed by atoms with Crippen LogP contribution in [0, 0.1) is 5.41 Å². The van der Waals surface area contributed by atoms with Crippen LogP contribution in [-0.4, -0.2) is 51.6 Å². The molecule has 3 N–H and O–H groups in total. The Balaban J connectivity index is 2.56. The Labute approximate surface area is 116 Å². The maximum Gasteiger partial charge on any atom is 0.279 e. The molecule has 0 aliphatic heterocycles. The van der Waals surface area contributed by atoms with E-state index in [1.165, 1.54) is 4.31 Å². The summed E-state index contributed by atoms with van der Waals surface area (Å²) in [5.74, 6) is 0. The third kappa shape index (κ3) is 3.88. The van der Waals surface area contributed by atoms with Crippen molar-refractivity contribution in [3.63, 3.8) is 0 Å². The van der Waals surface area contributed by atoms with Gasteiger partial charge < -0.3 is 10.5 Å². The molecule has 0 amide bonds. The number of ether oxygens (including phenoxy) is 1. The number of nitrogens with one attached hydrogen (secondary N) is 1. The fraction of sp³-hybridized carbons (Fsp3) is 1.00. The fourth-order valence-electron chi connectivity index (χ4n) is 2.27. The molecule has 1 rings (SSSR count). The van der Waals surface area contributed by atoms with Gasteiger partial charge in [-0.3, -0.25) is 0 Å². The average molecular weight is 293 g/mol. The summed E-state index contributed by atoms with van der Waals surface area (Å²) in [6.45, 7) is 7.60. The molecule has 1 aliphatic rings. The Morgan fingerprint density at radius 2 is 2.11 bits per heavy atom. The summed E-state index contributed by atoms with van der Waals surface area (Å²) in [6, 6.07) is -0.0747. The van der Waals surface area contributed by atoms with Gasteiger partial charge in [0.1, 0.15) is 0 Å². The van der Waals surface area contributed by atoms with Crippen molar-refractivity contribution < 1.29 is 13.2 Å². The molecule has 2 unspecified atom stereocenters. The number of hydrogen-bond donors (Lipinski definition) is 2. The maximum absolute atomic E-state index is 12.1. The van der Waals surface area contributed by atoms with Gasteiger partial charge in [0.2, 0.25) is 0 Å². The highest BCUT2D eigenvalue weighted by atomic mass is 32.2. The van der Waals surface area contributed by atoms with E-state index in [9.17, 15) is 8.42 Å². The van der Waals surface area contributed by atoms with Crippen LogP contribution >= 0.6 is 0 Å². The minimum Gasteiger partial charge on any atom is -0.378 e. The van der Waals surface area contributed by atoms with E-state index in [0.29, 0.717) is 26.1 Å². The van der Waals surface area contributed by atoms with Crippen molar-refractivity contribution in [1.82, 2.24) is 9.03 Å². The second-order valence-electron chi connectivity index (χ2n) is 5.64. The third-order valence-corrected chi connectivity index (χ3v) is 5.51. The van der Waals surface area contributed by atoms with E-state index in [1.807, 2.05) is 20.8 Å². The molecule has 19 heavy (non-hydrogen) atoms. The quantitative estimate of drug-likeness (QED) is 0.674. The monoisotopic (exact) mass is 293 g/mol. The SMILES string of the molecule is CCOC1CC(NS(=O)(=O)N(C)CCCN)C1(C)C. The lowest BCUT2D eigenvalue weighted by atomic mass is 9.65. The topological polar surface area (TPSA) is 84.7 Å². The first-order chi connectivity index (χ1) is 8.75. The molecule has 0 heterocycles. The molecule has 0 radical (unpaired) electrons. The molecule has 114 valence electrons. The molecule has 0 saturated heterocycles. The lowest BCUT2D eigenvalue weighted by molar-refractivity contribution is -0.108. The molecule has 1 saturated carbocycles. The third-order valence-electron chi connectivity index (χ3n) is 3.92. The van der Waals surface area contributed by atoms with Gasteiger partial charge in [-0.15, -0.1) is 0 Å². The Kier molecular flexibility index (Phi) is 5.76. The normalized spacial score (nSPS) is 26.4. The molecule has 6 nitrogen and oxygen atoms in total. The van der Waals surface area contributed by atoms with Crippen LogP contribution in [0.5, 0.6) is 0 Å². The predicted molar refractivity (Wildman–Crippen MR) is 76.0 cm³/mol. The Bertz CT molecular complexity index is 384. The molecule has 7 heteroatoms. The molecule has 0 spiro atoms. The maximum atomic E-state index is 12.1. The highest BCUT2D eigenvalue weighted by Crippen LogP contribution is 2.43. The van der Waals surface area contributed by atoms with Crippen LogP contribution in [0.25, 0.3) is 0 Å². The first-order valence-corrected chi connectivity index (χ1v) is 8.25. The zero-order chi connectivity index (χ0) is 14.7. The number of rotatable bonds is 8.